The molecule has 4 heterocycles. The van der Waals surface area contributed by atoms with Crippen molar-refractivity contribution in [3.8, 4) is 39.9 Å². The Balaban J connectivity index is 1.21. The Hall–Kier alpha value is -6.21. The molecule has 44 heavy (non-hydrogen) atoms. The number of benzene rings is 5. The van der Waals surface area contributed by atoms with Crippen LogP contribution in [0.4, 0.5) is 0 Å². The zero-order valence-electron chi connectivity index (χ0n) is 23.3. The second kappa shape index (κ2) is 9.68. The molecule has 0 aliphatic carbocycles. The Bertz CT molecular complexity index is 2430. The molecule has 0 fully saturated rings. The van der Waals surface area contributed by atoms with Gasteiger partial charge in [0.1, 0.15) is 23.1 Å². The topological polar surface area (TPSA) is 82.5 Å². The summed E-state index contributed by atoms with van der Waals surface area (Å²) in [5.74, 6) is 1.87. The van der Waals surface area contributed by atoms with Gasteiger partial charge in [-0.15, -0.1) is 0 Å². The van der Waals surface area contributed by atoms with E-state index in [1.807, 2.05) is 97.2 Å². The molecule has 206 valence electrons. The molecular formula is C37H22N6O. The second-order valence-corrected chi connectivity index (χ2v) is 10.6. The standard InChI is InChI=1S/C37H22N6O/c1-3-9-23(10-4-1)34-40-35(24-11-5-2-6-12-24)42-36(41-34)25-15-17-26(18-16-25)43-31-20-33-29(27-13-7-8-14-32(27)44-33)19-28(31)30-21-38-22-39-37(30)43/h1-22H. The molecule has 9 aromatic rings. The normalized spacial score (nSPS) is 11.6. The largest absolute Gasteiger partial charge is 0.456 e. The molecular weight excluding hydrogens is 544 g/mol. The van der Waals surface area contributed by atoms with Crippen molar-refractivity contribution in [2.75, 3.05) is 0 Å². The molecule has 7 nitrogen and oxygen atoms in total. The van der Waals surface area contributed by atoms with Crippen LogP contribution in [-0.4, -0.2) is 29.5 Å². The van der Waals surface area contributed by atoms with Gasteiger partial charge in [0.15, 0.2) is 17.5 Å². The average molecular weight is 567 g/mol. The Morgan fingerprint density at radius 3 is 1.80 bits per heavy atom. The summed E-state index contributed by atoms with van der Waals surface area (Å²) in [5.41, 5.74) is 7.26. The van der Waals surface area contributed by atoms with Gasteiger partial charge in [-0.2, -0.15) is 0 Å². The van der Waals surface area contributed by atoms with Crippen LogP contribution in [0, 0.1) is 0 Å². The number of hydrogen-bond donors (Lipinski definition) is 0. The van der Waals surface area contributed by atoms with E-state index in [1.54, 1.807) is 6.33 Å². The molecule has 0 N–H and O–H groups in total. The minimum atomic E-state index is 0.609. The van der Waals surface area contributed by atoms with Gasteiger partial charge in [0.25, 0.3) is 0 Å². The van der Waals surface area contributed by atoms with E-state index in [0.29, 0.717) is 17.5 Å². The predicted molar refractivity (Wildman–Crippen MR) is 173 cm³/mol. The van der Waals surface area contributed by atoms with Gasteiger partial charge in [-0.1, -0.05) is 78.9 Å². The van der Waals surface area contributed by atoms with Gasteiger partial charge >= 0.3 is 0 Å². The number of aromatic nitrogens is 6. The summed E-state index contributed by atoms with van der Waals surface area (Å²) in [6.45, 7) is 0. The fourth-order valence-electron chi connectivity index (χ4n) is 5.93. The van der Waals surface area contributed by atoms with Crippen molar-refractivity contribution in [2.45, 2.75) is 0 Å². The van der Waals surface area contributed by atoms with Crippen LogP contribution >= 0.6 is 0 Å². The smallest absolute Gasteiger partial charge is 0.164 e. The van der Waals surface area contributed by atoms with Crippen LogP contribution in [0.25, 0.3) is 83.7 Å². The van der Waals surface area contributed by atoms with Crippen LogP contribution in [0.3, 0.4) is 0 Å². The Morgan fingerprint density at radius 2 is 1.11 bits per heavy atom. The third-order valence-electron chi connectivity index (χ3n) is 8.01. The third kappa shape index (κ3) is 3.87. The molecule has 0 unspecified atom stereocenters. The zero-order chi connectivity index (χ0) is 29.0. The minimum absolute atomic E-state index is 0.609. The molecule has 4 aromatic heterocycles. The summed E-state index contributed by atoms with van der Waals surface area (Å²) in [6.07, 6.45) is 3.47. The maximum Gasteiger partial charge on any atom is 0.164 e. The van der Waals surface area contributed by atoms with Gasteiger partial charge in [-0.05, 0) is 36.4 Å². The maximum atomic E-state index is 6.25. The predicted octanol–water partition coefficient (Wildman–Crippen LogP) is 8.66. The SMILES string of the molecule is c1ccc(-c2nc(-c3ccccc3)nc(-c3ccc(-n4c5cc6oc7ccccc7c6cc5c5cncnc54)cc3)n2)cc1. The second-order valence-electron chi connectivity index (χ2n) is 10.6. The molecule has 7 heteroatoms. The summed E-state index contributed by atoms with van der Waals surface area (Å²) in [7, 11) is 0. The first-order valence-electron chi connectivity index (χ1n) is 14.3. The highest BCUT2D eigenvalue weighted by molar-refractivity contribution is 6.16. The fraction of sp³-hybridized carbons (Fsp3) is 0. The lowest BCUT2D eigenvalue weighted by Crippen LogP contribution is -2.00. The van der Waals surface area contributed by atoms with E-state index >= 15 is 0 Å². The van der Waals surface area contributed by atoms with Crippen LogP contribution in [-0.2, 0) is 0 Å². The van der Waals surface area contributed by atoms with Crippen LogP contribution in [0.5, 0.6) is 0 Å². The van der Waals surface area contributed by atoms with Crippen molar-refractivity contribution in [3.05, 3.63) is 134 Å². The van der Waals surface area contributed by atoms with Crippen molar-refractivity contribution >= 4 is 43.9 Å². The first-order chi connectivity index (χ1) is 21.8. The van der Waals surface area contributed by atoms with Crippen molar-refractivity contribution in [1.29, 1.82) is 0 Å². The molecule has 0 aliphatic heterocycles. The molecule has 0 spiro atoms. The molecule has 0 saturated heterocycles. The van der Waals surface area contributed by atoms with Gasteiger partial charge in [0.05, 0.1) is 5.52 Å². The molecule has 5 aromatic carbocycles. The number of rotatable bonds is 4. The summed E-state index contributed by atoms with van der Waals surface area (Å²) >= 11 is 0. The van der Waals surface area contributed by atoms with E-state index in [4.69, 9.17) is 24.4 Å². The van der Waals surface area contributed by atoms with Crippen molar-refractivity contribution in [2.24, 2.45) is 0 Å². The molecule has 0 saturated carbocycles. The monoisotopic (exact) mass is 566 g/mol. The van der Waals surface area contributed by atoms with Crippen LogP contribution in [0.1, 0.15) is 0 Å². The Kier molecular flexibility index (Phi) is 5.36. The Labute approximate surface area is 251 Å². The van der Waals surface area contributed by atoms with Crippen molar-refractivity contribution in [3.63, 3.8) is 0 Å². The number of fused-ring (bicyclic) bond motifs is 6. The molecule has 9 rings (SSSR count). The van der Waals surface area contributed by atoms with E-state index in [-0.39, 0.29) is 0 Å². The lowest BCUT2D eigenvalue weighted by atomic mass is 10.1. The highest BCUT2D eigenvalue weighted by Crippen LogP contribution is 2.37. The van der Waals surface area contributed by atoms with E-state index in [2.05, 4.69) is 39.9 Å². The van der Waals surface area contributed by atoms with Gasteiger partial charge in [0.2, 0.25) is 0 Å². The van der Waals surface area contributed by atoms with E-state index in [0.717, 1.165) is 66.3 Å². The summed E-state index contributed by atoms with van der Waals surface area (Å²) in [5, 5.41) is 4.22. The van der Waals surface area contributed by atoms with Crippen LogP contribution in [0.2, 0.25) is 0 Å². The van der Waals surface area contributed by atoms with Crippen LogP contribution < -0.4 is 0 Å². The van der Waals surface area contributed by atoms with Gasteiger partial charge in [-0.25, -0.2) is 24.9 Å². The average Bonchev–Trinajstić information content (AvgIpc) is 3.62. The Morgan fingerprint density at radius 1 is 0.500 bits per heavy atom. The lowest BCUT2D eigenvalue weighted by Gasteiger charge is -2.10. The highest BCUT2D eigenvalue weighted by atomic mass is 16.3. The van der Waals surface area contributed by atoms with Crippen molar-refractivity contribution in [1.82, 2.24) is 29.5 Å². The number of hydrogen-bond acceptors (Lipinski definition) is 6. The molecule has 0 radical (unpaired) electrons. The number of nitrogens with zero attached hydrogens (tertiary/aromatic N) is 6. The van der Waals surface area contributed by atoms with E-state index in [1.165, 1.54) is 0 Å². The third-order valence-corrected chi connectivity index (χ3v) is 8.01. The van der Waals surface area contributed by atoms with Crippen LogP contribution in [0.15, 0.2) is 138 Å². The molecule has 0 aliphatic rings. The van der Waals surface area contributed by atoms with Gasteiger partial charge < -0.3 is 4.42 Å². The lowest BCUT2D eigenvalue weighted by molar-refractivity contribution is 0.669. The molecule has 0 atom stereocenters. The van der Waals surface area contributed by atoms with Gasteiger partial charge in [-0.3, -0.25) is 4.57 Å². The minimum Gasteiger partial charge on any atom is -0.456 e. The van der Waals surface area contributed by atoms with Gasteiger partial charge in [0, 0.05) is 56.2 Å². The fourth-order valence-corrected chi connectivity index (χ4v) is 5.93. The van der Waals surface area contributed by atoms with Crippen molar-refractivity contribution < 1.29 is 4.42 Å². The quantitative estimate of drug-likeness (QED) is 0.212. The number of furan rings is 1. The molecule has 0 bridgehead atoms. The highest BCUT2D eigenvalue weighted by Gasteiger charge is 2.18. The zero-order valence-corrected chi connectivity index (χ0v) is 23.3. The summed E-state index contributed by atoms with van der Waals surface area (Å²) in [4.78, 5) is 23.6. The molecule has 0 amide bonds. The summed E-state index contributed by atoms with van der Waals surface area (Å²) < 4.78 is 8.40. The first-order valence-corrected chi connectivity index (χ1v) is 14.3. The van der Waals surface area contributed by atoms with E-state index in [9.17, 15) is 0 Å². The first kappa shape index (κ1) is 24.4. The summed E-state index contributed by atoms with van der Waals surface area (Å²) in [6, 6.07) is 40.7. The maximum absolute atomic E-state index is 6.25. The van der Waals surface area contributed by atoms with E-state index < -0.39 is 0 Å². The number of para-hydroxylation sites is 1.